The van der Waals surface area contributed by atoms with Crippen LogP contribution in [0.1, 0.15) is 30.6 Å². The number of esters is 1. The Morgan fingerprint density at radius 3 is 2.70 bits per heavy atom. The number of nitriles is 1. The molecule has 0 aliphatic heterocycles. The lowest BCUT2D eigenvalue weighted by Gasteiger charge is -2.14. The molecule has 0 fully saturated rings. The zero-order chi connectivity index (χ0) is 14.8. The predicted octanol–water partition coefficient (Wildman–Crippen LogP) is 2.72. The van der Waals surface area contributed by atoms with Crippen molar-refractivity contribution in [3.8, 4) is 18.4 Å². The topological polar surface area (TPSA) is 59.3 Å². The summed E-state index contributed by atoms with van der Waals surface area (Å²) in [5.74, 6) is 2.05. The maximum Gasteiger partial charge on any atom is 0.333 e. The van der Waals surface area contributed by atoms with E-state index in [1.165, 1.54) is 12.3 Å². The minimum absolute atomic E-state index is 0.312. The molecule has 0 radical (unpaired) electrons. The molecule has 0 saturated carbocycles. The molecule has 1 aromatic rings. The summed E-state index contributed by atoms with van der Waals surface area (Å²) in [6, 6.07) is 8.98. The monoisotopic (exact) mass is 269 g/mol. The first-order valence-electron chi connectivity index (χ1n) is 6.13. The van der Waals surface area contributed by atoms with Crippen LogP contribution in [0.3, 0.4) is 0 Å². The molecule has 0 spiro atoms. The molecular formula is C16H15NO3. The summed E-state index contributed by atoms with van der Waals surface area (Å²) in [6.45, 7) is 2.04. The molecule has 1 atom stereocenters. The Balaban J connectivity index is 2.71. The molecule has 4 heteroatoms. The molecule has 1 unspecified atom stereocenters. The quantitative estimate of drug-likeness (QED) is 0.345. The van der Waals surface area contributed by atoms with Gasteiger partial charge < -0.3 is 9.47 Å². The van der Waals surface area contributed by atoms with E-state index in [0.29, 0.717) is 18.6 Å². The molecule has 20 heavy (non-hydrogen) atoms. The van der Waals surface area contributed by atoms with E-state index in [4.69, 9.17) is 21.2 Å². The molecular weight excluding hydrogens is 254 g/mol. The number of rotatable bonds is 6. The Morgan fingerprint density at radius 2 is 2.15 bits per heavy atom. The molecule has 0 aromatic heterocycles. The van der Waals surface area contributed by atoms with Gasteiger partial charge in [0.15, 0.2) is 0 Å². The van der Waals surface area contributed by atoms with Gasteiger partial charge in [0.25, 0.3) is 0 Å². The number of hydrogen-bond donors (Lipinski definition) is 0. The van der Waals surface area contributed by atoms with Crippen LogP contribution in [0.5, 0.6) is 0 Å². The SMILES string of the molecule is C#CCC(O/C=C/C(=O)OCC)c1ccc(C#N)cc1. The summed E-state index contributed by atoms with van der Waals surface area (Å²) in [7, 11) is 0. The van der Waals surface area contributed by atoms with Crippen LogP contribution < -0.4 is 0 Å². The molecule has 0 heterocycles. The van der Waals surface area contributed by atoms with Crippen LogP contribution in [-0.4, -0.2) is 12.6 Å². The largest absolute Gasteiger partial charge is 0.492 e. The lowest BCUT2D eigenvalue weighted by atomic mass is 10.1. The van der Waals surface area contributed by atoms with Crippen LogP contribution in [0.15, 0.2) is 36.6 Å². The van der Waals surface area contributed by atoms with Crippen molar-refractivity contribution in [1.29, 1.82) is 5.26 Å². The summed E-state index contributed by atoms with van der Waals surface area (Å²) < 4.78 is 10.2. The van der Waals surface area contributed by atoms with Crippen molar-refractivity contribution in [2.24, 2.45) is 0 Å². The van der Waals surface area contributed by atoms with E-state index in [2.05, 4.69) is 5.92 Å². The standard InChI is InChI=1S/C16H15NO3/c1-3-5-15(20-11-10-16(18)19-4-2)14-8-6-13(12-17)7-9-14/h1,6-11,15H,4-5H2,2H3/b11-10+. The number of hydrogen-bond acceptors (Lipinski definition) is 4. The Labute approximate surface area is 118 Å². The second-order valence-corrected chi connectivity index (χ2v) is 3.82. The molecule has 0 aliphatic carbocycles. The Hall–Kier alpha value is -2.72. The van der Waals surface area contributed by atoms with E-state index < -0.39 is 5.97 Å². The second-order valence-electron chi connectivity index (χ2n) is 3.82. The number of carbonyl (C=O) groups excluding carboxylic acids is 1. The fraction of sp³-hybridized carbons (Fsp3) is 0.250. The average Bonchev–Trinajstić information content (AvgIpc) is 2.47. The lowest BCUT2D eigenvalue weighted by Crippen LogP contribution is -2.02. The molecule has 0 amide bonds. The summed E-state index contributed by atoms with van der Waals surface area (Å²) in [5.41, 5.74) is 1.41. The first kappa shape index (κ1) is 15.3. The smallest absolute Gasteiger partial charge is 0.333 e. The van der Waals surface area contributed by atoms with Crippen LogP contribution in [-0.2, 0) is 14.3 Å². The third-order valence-electron chi connectivity index (χ3n) is 2.45. The third kappa shape index (κ3) is 4.88. The van der Waals surface area contributed by atoms with Crippen LogP contribution in [0.2, 0.25) is 0 Å². The van der Waals surface area contributed by atoms with Gasteiger partial charge in [0, 0.05) is 0 Å². The molecule has 0 aliphatic rings. The van der Waals surface area contributed by atoms with Gasteiger partial charge in [0.1, 0.15) is 6.10 Å². The average molecular weight is 269 g/mol. The number of benzene rings is 1. The van der Waals surface area contributed by atoms with Gasteiger partial charge in [-0.2, -0.15) is 5.26 Å². The minimum Gasteiger partial charge on any atom is -0.492 e. The number of ether oxygens (including phenoxy) is 2. The molecule has 0 saturated heterocycles. The van der Waals surface area contributed by atoms with Gasteiger partial charge in [-0.25, -0.2) is 4.79 Å². The molecule has 0 bridgehead atoms. The fourth-order valence-corrected chi connectivity index (χ4v) is 1.50. The Bertz CT molecular complexity index is 547. The lowest BCUT2D eigenvalue weighted by molar-refractivity contribution is -0.137. The van der Waals surface area contributed by atoms with Gasteiger partial charge in [-0.1, -0.05) is 12.1 Å². The second kappa shape index (κ2) is 8.39. The van der Waals surface area contributed by atoms with Crippen LogP contribution in [0.25, 0.3) is 0 Å². The molecule has 4 nitrogen and oxygen atoms in total. The Morgan fingerprint density at radius 1 is 1.45 bits per heavy atom. The third-order valence-corrected chi connectivity index (χ3v) is 2.45. The van der Waals surface area contributed by atoms with E-state index in [9.17, 15) is 4.79 Å². The first-order valence-corrected chi connectivity index (χ1v) is 6.13. The van der Waals surface area contributed by atoms with Crippen molar-refractivity contribution in [3.05, 3.63) is 47.7 Å². The van der Waals surface area contributed by atoms with Crippen molar-refractivity contribution >= 4 is 5.97 Å². The van der Waals surface area contributed by atoms with Crippen molar-refractivity contribution in [2.75, 3.05) is 6.61 Å². The van der Waals surface area contributed by atoms with Crippen LogP contribution in [0.4, 0.5) is 0 Å². The van der Waals surface area contributed by atoms with Gasteiger partial charge in [-0.3, -0.25) is 0 Å². The minimum atomic E-state index is -0.466. The molecule has 0 N–H and O–H groups in total. The van der Waals surface area contributed by atoms with E-state index >= 15 is 0 Å². The number of terminal acetylenes is 1. The van der Waals surface area contributed by atoms with Crippen molar-refractivity contribution in [1.82, 2.24) is 0 Å². The van der Waals surface area contributed by atoms with E-state index in [0.717, 1.165) is 5.56 Å². The maximum atomic E-state index is 11.1. The zero-order valence-electron chi connectivity index (χ0n) is 11.2. The van der Waals surface area contributed by atoms with Gasteiger partial charge in [-0.15, -0.1) is 12.3 Å². The van der Waals surface area contributed by atoms with E-state index in [1.807, 2.05) is 6.07 Å². The van der Waals surface area contributed by atoms with Crippen molar-refractivity contribution in [3.63, 3.8) is 0 Å². The Kier molecular flexibility index (Phi) is 6.44. The summed E-state index contributed by atoms with van der Waals surface area (Å²) in [4.78, 5) is 11.1. The number of nitrogens with zero attached hydrogens (tertiary/aromatic N) is 1. The predicted molar refractivity (Wildman–Crippen MR) is 74.2 cm³/mol. The molecule has 1 rings (SSSR count). The van der Waals surface area contributed by atoms with Gasteiger partial charge in [0.2, 0.25) is 0 Å². The molecule has 1 aromatic carbocycles. The fourth-order valence-electron chi connectivity index (χ4n) is 1.50. The molecule has 102 valence electrons. The van der Waals surface area contributed by atoms with Gasteiger partial charge in [0.05, 0.1) is 37.0 Å². The summed E-state index contributed by atoms with van der Waals surface area (Å²) in [6.07, 6.45) is 7.78. The highest BCUT2D eigenvalue weighted by Crippen LogP contribution is 2.21. The summed E-state index contributed by atoms with van der Waals surface area (Å²) >= 11 is 0. The van der Waals surface area contributed by atoms with Crippen LogP contribution in [0, 0.1) is 23.7 Å². The zero-order valence-corrected chi connectivity index (χ0v) is 11.2. The highest BCUT2D eigenvalue weighted by atomic mass is 16.5. The highest BCUT2D eigenvalue weighted by molar-refractivity contribution is 5.81. The highest BCUT2D eigenvalue weighted by Gasteiger charge is 2.10. The van der Waals surface area contributed by atoms with Crippen molar-refractivity contribution < 1.29 is 14.3 Å². The van der Waals surface area contributed by atoms with Gasteiger partial charge >= 0.3 is 5.97 Å². The van der Waals surface area contributed by atoms with Gasteiger partial charge in [-0.05, 0) is 24.6 Å². The van der Waals surface area contributed by atoms with E-state index in [-0.39, 0.29) is 6.10 Å². The van der Waals surface area contributed by atoms with Crippen molar-refractivity contribution in [2.45, 2.75) is 19.4 Å². The summed E-state index contributed by atoms with van der Waals surface area (Å²) in [5, 5.41) is 8.75. The van der Waals surface area contributed by atoms with E-state index in [1.54, 1.807) is 31.2 Å². The van der Waals surface area contributed by atoms with Crippen LogP contribution >= 0.6 is 0 Å². The number of carbonyl (C=O) groups is 1. The maximum absolute atomic E-state index is 11.1. The first-order chi connectivity index (χ1) is 9.71. The normalized spacial score (nSPS) is 11.3.